The minimum atomic E-state index is -0.957. The first-order valence-corrected chi connectivity index (χ1v) is 7.56. The average molecular weight is 310 g/mol. The third-order valence-electron chi connectivity index (χ3n) is 3.82. The van der Waals surface area contributed by atoms with E-state index in [1.165, 1.54) is 0 Å². The Labute approximate surface area is 133 Å². The number of carboxylic acids is 1. The lowest BCUT2D eigenvalue weighted by atomic mass is 10.2. The Bertz CT molecular complexity index is 825. The summed E-state index contributed by atoms with van der Waals surface area (Å²) in [6, 6.07) is 15.1. The van der Waals surface area contributed by atoms with E-state index < -0.39 is 5.97 Å². The number of rotatable bonds is 6. The molecule has 5 nitrogen and oxygen atoms in total. The van der Waals surface area contributed by atoms with Crippen molar-refractivity contribution in [3.63, 3.8) is 0 Å². The highest BCUT2D eigenvalue weighted by atomic mass is 16.4. The average Bonchev–Trinajstić information content (AvgIpc) is 2.90. The molecule has 0 saturated heterocycles. The zero-order valence-electron chi connectivity index (χ0n) is 12.6. The van der Waals surface area contributed by atoms with Crippen molar-refractivity contribution in [1.82, 2.24) is 9.55 Å². The fraction of sp³-hybridized carbons (Fsp3) is 0.222. The van der Waals surface area contributed by atoms with E-state index in [1.807, 2.05) is 30.3 Å². The molecule has 5 heteroatoms. The Morgan fingerprint density at radius 2 is 1.91 bits per heavy atom. The van der Waals surface area contributed by atoms with Crippen LogP contribution in [0.2, 0.25) is 0 Å². The number of nitrogens with zero attached hydrogens (tertiary/aromatic N) is 2. The summed E-state index contributed by atoms with van der Waals surface area (Å²) < 4.78 is 2.09. The van der Waals surface area contributed by atoms with Crippen molar-refractivity contribution in [2.45, 2.75) is 19.4 Å². The number of aromatic carboxylic acids is 1. The number of imidazole rings is 1. The van der Waals surface area contributed by atoms with E-state index in [1.54, 1.807) is 18.2 Å². The second-order valence-electron chi connectivity index (χ2n) is 5.44. The van der Waals surface area contributed by atoms with Gasteiger partial charge in [0.1, 0.15) is 5.82 Å². The number of hydrogen-bond donors (Lipinski definition) is 2. The Balaban J connectivity index is 2.06. The second-order valence-corrected chi connectivity index (χ2v) is 5.44. The predicted octanol–water partition coefficient (Wildman–Crippen LogP) is 2.71. The predicted molar refractivity (Wildman–Crippen MR) is 87.6 cm³/mol. The molecular formula is C18H18N2O3. The van der Waals surface area contributed by atoms with Gasteiger partial charge in [0.05, 0.1) is 16.6 Å². The summed E-state index contributed by atoms with van der Waals surface area (Å²) in [5.41, 5.74) is 2.97. The Morgan fingerprint density at radius 3 is 2.61 bits per heavy atom. The molecule has 118 valence electrons. The highest BCUT2D eigenvalue weighted by molar-refractivity contribution is 5.92. The third-order valence-corrected chi connectivity index (χ3v) is 3.82. The van der Waals surface area contributed by atoms with Gasteiger partial charge in [-0.25, -0.2) is 9.78 Å². The first kappa shape index (κ1) is 15.2. The van der Waals surface area contributed by atoms with E-state index in [4.69, 9.17) is 10.2 Å². The molecule has 0 radical (unpaired) electrons. The number of aromatic nitrogens is 2. The topological polar surface area (TPSA) is 75.3 Å². The first-order valence-electron chi connectivity index (χ1n) is 7.56. The molecule has 0 bridgehead atoms. The molecule has 0 saturated carbocycles. The van der Waals surface area contributed by atoms with Gasteiger partial charge in [-0.15, -0.1) is 0 Å². The summed E-state index contributed by atoms with van der Waals surface area (Å²) in [7, 11) is 0. The minimum Gasteiger partial charge on any atom is -0.478 e. The molecule has 0 fully saturated rings. The van der Waals surface area contributed by atoms with E-state index in [9.17, 15) is 4.79 Å². The van der Waals surface area contributed by atoms with E-state index in [-0.39, 0.29) is 12.2 Å². The summed E-state index contributed by atoms with van der Waals surface area (Å²) in [5.74, 6) is -0.0955. The molecule has 0 spiro atoms. The van der Waals surface area contributed by atoms with Crippen LogP contribution < -0.4 is 0 Å². The highest BCUT2D eigenvalue weighted by Gasteiger charge is 2.13. The van der Waals surface area contributed by atoms with E-state index in [0.717, 1.165) is 16.9 Å². The number of benzene rings is 2. The highest BCUT2D eigenvalue weighted by Crippen LogP contribution is 2.21. The lowest BCUT2D eigenvalue weighted by Crippen LogP contribution is -2.06. The van der Waals surface area contributed by atoms with Gasteiger partial charge in [0.2, 0.25) is 0 Å². The zero-order valence-corrected chi connectivity index (χ0v) is 12.6. The van der Waals surface area contributed by atoms with Crippen LogP contribution in [0.1, 0.15) is 28.2 Å². The Hall–Kier alpha value is -2.66. The van der Waals surface area contributed by atoms with E-state index >= 15 is 0 Å². The van der Waals surface area contributed by atoms with Gasteiger partial charge in [0, 0.05) is 19.6 Å². The fourth-order valence-electron chi connectivity index (χ4n) is 2.68. The number of carbonyl (C=O) groups is 1. The lowest BCUT2D eigenvalue weighted by molar-refractivity contribution is 0.0697. The van der Waals surface area contributed by atoms with Gasteiger partial charge >= 0.3 is 5.97 Å². The molecule has 0 amide bonds. The SMILES string of the molecule is O=C(O)c1ccc2c(c1)nc(CCCO)n2Cc1ccccc1. The number of aliphatic hydroxyl groups is 1. The lowest BCUT2D eigenvalue weighted by Gasteiger charge is -2.09. The molecule has 0 atom stereocenters. The zero-order chi connectivity index (χ0) is 16.2. The van der Waals surface area contributed by atoms with E-state index in [0.29, 0.717) is 24.9 Å². The molecule has 0 unspecified atom stereocenters. The van der Waals surface area contributed by atoms with Crippen LogP contribution in [0.15, 0.2) is 48.5 Å². The molecule has 3 rings (SSSR count). The molecule has 3 aromatic rings. The van der Waals surface area contributed by atoms with Gasteiger partial charge in [-0.05, 0) is 30.2 Å². The van der Waals surface area contributed by atoms with E-state index in [2.05, 4.69) is 9.55 Å². The summed E-state index contributed by atoms with van der Waals surface area (Å²) in [4.78, 5) is 15.7. The maximum absolute atomic E-state index is 11.1. The van der Waals surface area contributed by atoms with Crippen molar-refractivity contribution < 1.29 is 15.0 Å². The van der Waals surface area contributed by atoms with Crippen molar-refractivity contribution in [1.29, 1.82) is 0 Å². The van der Waals surface area contributed by atoms with Gasteiger partial charge < -0.3 is 14.8 Å². The molecule has 0 aliphatic carbocycles. The van der Waals surface area contributed by atoms with Crippen LogP contribution >= 0.6 is 0 Å². The Kier molecular flexibility index (Phi) is 4.39. The van der Waals surface area contributed by atoms with Crippen LogP contribution in [0, 0.1) is 0 Å². The number of fused-ring (bicyclic) bond motifs is 1. The summed E-state index contributed by atoms with van der Waals surface area (Å²) in [6.45, 7) is 0.777. The second kappa shape index (κ2) is 6.62. The number of carboxylic acid groups (broad SMARTS) is 1. The fourth-order valence-corrected chi connectivity index (χ4v) is 2.68. The standard InChI is InChI=1S/C18H18N2O3/c21-10-4-7-17-19-15-11-14(18(22)23)8-9-16(15)20(17)12-13-5-2-1-3-6-13/h1-3,5-6,8-9,11,21H,4,7,10,12H2,(H,22,23). The summed E-state index contributed by atoms with van der Waals surface area (Å²) in [6.07, 6.45) is 1.28. The monoisotopic (exact) mass is 310 g/mol. The number of hydrogen-bond acceptors (Lipinski definition) is 3. The molecule has 2 N–H and O–H groups in total. The van der Waals surface area contributed by atoms with Gasteiger partial charge in [-0.2, -0.15) is 0 Å². The van der Waals surface area contributed by atoms with Crippen molar-refractivity contribution in [2.24, 2.45) is 0 Å². The van der Waals surface area contributed by atoms with Crippen LogP contribution in [0.3, 0.4) is 0 Å². The normalized spacial score (nSPS) is 11.0. The maximum atomic E-state index is 11.1. The van der Waals surface area contributed by atoms with Gasteiger partial charge in [0.15, 0.2) is 0 Å². The number of aliphatic hydroxyl groups excluding tert-OH is 1. The van der Waals surface area contributed by atoms with Crippen LogP contribution in [-0.4, -0.2) is 32.3 Å². The molecule has 0 aliphatic heterocycles. The molecule has 1 heterocycles. The Morgan fingerprint density at radius 1 is 1.13 bits per heavy atom. The van der Waals surface area contributed by atoms with Crippen LogP contribution in [0.5, 0.6) is 0 Å². The van der Waals surface area contributed by atoms with Crippen LogP contribution in [0.25, 0.3) is 11.0 Å². The van der Waals surface area contributed by atoms with Crippen LogP contribution in [0.4, 0.5) is 0 Å². The quantitative estimate of drug-likeness (QED) is 0.734. The summed E-state index contributed by atoms with van der Waals surface area (Å²) in [5, 5.41) is 18.2. The number of aryl methyl sites for hydroxylation is 1. The molecule has 23 heavy (non-hydrogen) atoms. The first-order chi connectivity index (χ1) is 11.2. The molecule has 0 aliphatic rings. The maximum Gasteiger partial charge on any atom is 0.335 e. The van der Waals surface area contributed by atoms with Crippen molar-refractivity contribution in [2.75, 3.05) is 6.61 Å². The van der Waals surface area contributed by atoms with Crippen molar-refractivity contribution in [3.05, 3.63) is 65.5 Å². The minimum absolute atomic E-state index is 0.106. The van der Waals surface area contributed by atoms with Crippen LogP contribution in [-0.2, 0) is 13.0 Å². The molecular weight excluding hydrogens is 292 g/mol. The molecule has 2 aromatic carbocycles. The van der Waals surface area contributed by atoms with Gasteiger partial charge in [0.25, 0.3) is 0 Å². The van der Waals surface area contributed by atoms with Gasteiger partial charge in [-0.3, -0.25) is 0 Å². The van der Waals surface area contributed by atoms with Crippen molar-refractivity contribution in [3.8, 4) is 0 Å². The molecule has 1 aromatic heterocycles. The third kappa shape index (κ3) is 3.24. The largest absolute Gasteiger partial charge is 0.478 e. The van der Waals surface area contributed by atoms with Crippen molar-refractivity contribution >= 4 is 17.0 Å². The summed E-state index contributed by atoms with van der Waals surface area (Å²) >= 11 is 0. The smallest absolute Gasteiger partial charge is 0.335 e. The van der Waals surface area contributed by atoms with Gasteiger partial charge in [-0.1, -0.05) is 30.3 Å².